The van der Waals surface area contributed by atoms with Crippen molar-refractivity contribution in [1.82, 2.24) is 9.34 Å². The summed E-state index contributed by atoms with van der Waals surface area (Å²) >= 11 is 0. The van der Waals surface area contributed by atoms with Crippen LogP contribution in [0.5, 0.6) is 0 Å². The first-order valence-corrected chi connectivity index (χ1v) is 8.71. The van der Waals surface area contributed by atoms with Gasteiger partial charge >= 0.3 is 22.0 Å². The van der Waals surface area contributed by atoms with Gasteiger partial charge in [-0.15, -0.1) is 4.52 Å². The third-order valence-electron chi connectivity index (χ3n) is 2.28. The Balaban J connectivity index is 2.83. The fourth-order valence-electron chi connectivity index (χ4n) is 1.58. The summed E-state index contributed by atoms with van der Waals surface area (Å²) in [6.45, 7) is 5.82. The molecular weight excluding hydrogens is 294 g/mol. The predicted molar refractivity (Wildman–Crippen MR) is 68.9 cm³/mol. The molecular formula is C9H19N2O6P2+. The number of hydrogen-bond acceptors (Lipinski definition) is 6. The zero-order chi connectivity index (χ0) is 14.5. The summed E-state index contributed by atoms with van der Waals surface area (Å²) in [4.78, 5) is 12.1. The van der Waals surface area contributed by atoms with Gasteiger partial charge in [0.1, 0.15) is 6.61 Å². The highest BCUT2D eigenvalue weighted by atomic mass is 31.2. The van der Waals surface area contributed by atoms with Crippen LogP contribution in [0, 0.1) is 0 Å². The second-order valence-electron chi connectivity index (χ2n) is 3.49. The van der Waals surface area contributed by atoms with E-state index in [0.29, 0.717) is 0 Å². The van der Waals surface area contributed by atoms with Crippen molar-refractivity contribution in [2.45, 2.75) is 20.8 Å². The number of rotatable bonds is 8. The Labute approximate surface area is 113 Å². The van der Waals surface area contributed by atoms with Crippen molar-refractivity contribution in [3.8, 4) is 0 Å². The Morgan fingerprint density at radius 1 is 1.16 bits per heavy atom. The van der Waals surface area contributed by atoms with Gasteiger partial charge in [-0.05, 0) is 25.3 Å². The van der Waals surface area contributed by atoms with Crippen molar-refractivity contribution >= 4 is 22.0 Å². The molecule has 1 heterocycles. The molecule has 0 N–H and O–H groups in total. The second-order valence-corrected chi connectivity index (χ2v) is 6.64. The van der Waals surface area contributed by atoms with Crippen LogP contribution in [0.3, 0.4) is 0 Å². The van der Waals surface area contributed by atoms with Gasteiger partial charge in [0.25, 0.3) is 0 Å². The third kappa shape index (κ3) is 3.74. The van der Waals surface area contributed by atoms with E-state index in [1.807, 2.05) is 0 Å². The van der Waals surface area contributed by atoms with Gasteiger partial charge < -0.3 is 0 Å². The van der Waals surface area contributed by atoms with Gasteiger partial charge in [-0.1, -0.05) is 4.67 Å². The summed E-state index contributed by atoms with van der Waals surface area (Å²) in [5.41, 5.74) is 0. The van der Waals surface area contributed by atoms with E-state index in [1.54, 1.807) is 20.8 Å². The molecule has 0 bridgehead atoms. The van der Waals surface area contributed by atoms with Crippen LogP contribution >= 0.6 is 15.9 Å². The highest BCUT2D eigenvalue weighted by molar-refractivity contribution is 7.52. The van der Waals surface area contributed by atoms with Crippen molar-refractivity contribution in [1.29, 1.82) is 0 Å². The monoisotopic (exact) mass is 313 g/mol. The SMILES string of the molecule is CCO[P+](=O)N1CCN(P(=O)(OCC)OCC)C1=O. The molecule has 0 aliphatic carbocycles. The molecule has 1 saturated heterocycles. The molecule has 0 aromatic heterocycles. The fraction of sp³-hybridized carbons (Fsp3) is 0.889. The van der Waals surface area contributed by atoms with Gasteiger partial charge in [0.15, 0.2) is 0 Å². The second kappa shape index (κ2) is 7.31. The van der Waals surface area contributed by atoms with Crippen LogP contribution in [-0.4, -0.2) is 48.3 Å². The molecule has 0 spiro atoms. The molecule has 0 radical (unpaired) electrons. The lowest BCUT2D eigenvalue weighted by atomic mass is 10.7. The van der Waals surface area contributed by atoms with Crippen molar-refractivity contribution in [2.75, 3.05) is 32.9 Å². The molecule has 8 nitrogen and oxygen atoms in total. The first-order valence-electron chi connectivity index (χ1n) is 6.08. The minimum absolute atomic E-state index is 0.129. The Kier molecular flexibility index (Phi) is 6.36. The maximum Gasteiger partial charge on any atom is 0.650 e. The molecule has 110 valence electrons. The van der Waals surface area contributed by atoms with Crippen LogP contribution in [0.1, 0.15) is 20.8 Å². The van der Waals surface area contributed by atoms with Gasteiger partial charge in [-0.2, -0.15) is 0 Å². The first kappa shape index (κ1) is 16.5. The van der Waals surface area contributed by atoms with Gasteiger partial charge in [0.05, 0.1) is 26.3 Å². The summed E-state index contributed by atoms with van der Waals surface area (Å²) in [7, 11) is -5.91. The Morgan fingerprint density at radius 2 is 1.74 bits per heavy atom. The van der Waals surface area contributed by atoms with E-state index in [2.05, 4.69) is 0 Å². The molecule has 10 heteroatoms. The Bertz CT molecular complexity index is 381. The van der Waals surface area contributed by atoms with Gasteiger partial charge in [0, 0.05) is 0 Å². The quantitative estimate of drug-likeness (QED) is 0.640. The maximum absolute atomic E-state index is 12.5. The largest absolute Gasteiger partial charge is 0.650 e. The lowest BCUT2D eigenvalue weighted by molar-refractivity contribution is 0.172. The first-order chi connectivity index (χ1) is 9.00. The lowest BCUT2D eigenvalue weighted by Gasteiger charge is -2.24. The number of nitrogens with zero attached hydrogens (tertiary/aromatic N) is 2. The highest BCUT2D eigenvalue weighted by Crippen LogP contribution is 2.54. The van der Waals surface area contributed by atoms with Crippen LogP contribution in [0.15, 0.2) is 0 Å². The molecule has 1 rings (SSSR count). The zero-order valence-electron chi connectivity index (χ0n) is 11.3. The van der Waals surface area contributed by atoms with E-state index in [0.717, 1.165) is 9.34 Å². The molecule has 0 aromatic carbocycles. The van der Waals surface area contributed by atoms with Crippen LogP contribution < -0.4 is 0 Å². The van der Waals surface area contributed by atoms with E-state index in [9.17, 15) is 13.9 Å². The van der Waals surface area contributed by atoms with E-state index in [1.165, 1.54) is 0 Å². The minimum atomic E-state index is -3.66. The molecule has 1 unspecified atom stereocenters. The molecule has 2 amide bonds. The average molecular weight is 313 g/mol. The van der Waals surface area contributed by atoms with E-state index in [-0.39, 0.29) is 32.9 Å². The predicted octanol–water partition coefficient (Wildman–Crippen LogP) is 2.60. The van der Waals surface area contributed by atoms with Gasteiger partial charge in [-0.25, -0.2) is 14.0 Å². The molecule has 1 aliphatic heterocycles. The Morgan fingerprint density at radius 3 is 2.21 bits per heavy atom. The minimum Gasteiger partial charge on any atom is -0.292 e. The van der Waals surface area contributed by atoms with E-state index >= 15 is 0 Å². The van der Waals surface area contributed by atoms with Crippen LogP contribution in [0.2, 0.25) is 0 Å². The summed E-state index contributed by atoms with van der Waals surface area (Å²) in [5, 5.41) is 0. The number of urea groups is 1. The van der Waals surface area contributed by atoms with Gasteiger partial charge in [-0.3, -0.25) is 9.05 Å². The normalized spacial score (nSPS) is 17.2. The van der Waals surface area contributed by atoms with E-state index in [4.69, 9.17) is 13.6 Å². The topological polar surface area (TPSA) is 85.4 Å². The molecule has 0 saturated carbocycles. The van der Waals surface area contributed by atoms with Gasteiger partial charge in [0.2, 0.25) is 0 Å². The maximum atomic E-state index is 12.5. The summed E-state index contributed by atoms with van der Waals surface area (Å²) in [5.74, 6) is 0. The lowest BCUT2D eigenvalue weighted by Crippen LogP contribution is -2.28. The van der Waals surface area contributed by atoms with Crippen molar-refractivity contribution in [3.63, 3.8) is 0 Å². The smallest absolute Gasteiger partial charge is 0.292 e. The van der Waals surface area contributed by atoms with Crippen molar-refractivity contribution in [2.24, 2.45) is 0 Å². The van der Waals surface area contributed by atoms with Crippen LogP contribution in [0.4, 0.5) is 4.79 Å². The number of amides is 2. The van der Waals surface area contributed by atoms with Crippen molar-refractivity contribution < 1.29 is 27.5 Å². The molecule has 0 aromatic rings. The number of hydrogen-bond donors (Lipinski definition) is 0. The van der Waals surface area contributed by atoms with Crippen molar-refractivity contribution in [3.05, 3.63) is 0 Å². The number of carbonyl (C=O) groups is 1. The third-order valence-corrected chi connectivity index (χ3v) is 5.66. The standard InChI is InChI=1S/C9H19N2O6P2/c1-4-15-18(13)10-7-8-11(9(10)12)19(14,16-5-2)17-6-3/h4-8H2,1-3H3/q+1. The van der Waals surface area contributed by atoms with Crippen LogP contribution in [-0.2, 0) is 22.7 Å². The zero-order valence-corrected chi connectivity index (χ0v) is 13.1. The summed E-state index contributed by atoms with van der Waals surface area (Å²) < 4.78 is 41.2. The highest BCUT2D eigenvalue weighted by Gasteiger charge is 2.51. The molecule has 1 aliphatic rings. The summed E-state index contributed by atoms with van der Waals surface area (Å²) in [6.07, 6.45) is 0. The summed E-state index contributed by atoms with van der Waals surface area (Å²) in [6, 6.07) is -0.653. The molecule has 1 atom stereocenters. The number of carbonyl (C=O) groups excluding carboxylic acids is 1. The van der Waals surface area contributed by atoms with E-state index < -0.39 is 22.0 Å². The van der Waals surface area contributed by atoms with Crippen LogP contribution in [0.25, 0.3) is 0 Å². The average Bonchev–Trinajstić information content (AvgIpc) is 2.72. The fourth-order valence-corrected chi connectivity index (χ4v) is 4.16. The Hall–Kier alpha value is -0.520. The molecule has 19 heavy (non-hydrogen) atoms. The molecule has 1 fully saturated rings.